The summed E-state index contributed by atoms with van der Waals surface area (Å²) in [5.41, 5.74) is 0.600. The molecule has 0 aliphatic heterocycles. The maximum absolute atomic E-state index is 12.2. The van der Waals surface area contributed by atoms with Gasteiger partial charge in [-0.1, -0.05) is 12.1 Å². The molecule has 0 saturated heterocycles. The average Bonchev–Trinajstić information content (AvgIpc) is 2.90. The lowest BCUT2D eigenvalue weighted by Gasteiger charge is -2.16. The van der Waals surface area contributed by atoms with Gasteiger partial charge in [0.05, 0.1) is 0 Å². The molecular formula is C16H18N2O4. The van der Waals surface area contributed by atoms with Gasteiger partial charge in [0, 0.05) is 11.6 Å². The number of hydrogen-bond donors (Lipinski definition) is 1. The van der Waals surface area contributed by atoms with Gasteiger partial charge >= 0.3 is 0 Å². The highest BCUT2D eigenvalue weighted by Crippen LogP contribution is 2.16. The zero-order chi connectivity index (χ0) is 16.1. The molecule has 2 rings (SSSR count). The minimum atomic E-state index is -0.653. The number of anilines is 1. The minimum absolute atomic E-state index is 0.0160. The Hall–Kier alpha value is -2.63. The lowest BCUT2D eigenvalue weighted by atomic mass is 10.1. The third kappa shape index (κ3) is 3.94. The molecule has 116 valence electrons. The summed E-state index contributed by atoms with van der Waals surface area (Å²) >= 11 is 0. The first-order valence-electron chi connectivity index (χ1n) is 7.01. The number of ketones is 1. The van der Waals surface area contributed by atoms with Gasteiger partial charge in [0.25, 0.3) is 5.91 Å². The molecule has 1 aromatic heterocycles. The van der Waals surface area contributed by atoms with Gasteiger partial charge in [0.15, 0.2) is 17.7 Å². The van der Waals surface area contributed by atoms with E-state index >= 15 is 0 Å². The molecule has 22 heavy (non-hydrogen) atoms. The summed E-state index contributed by atoms with van der Waals surface area (Å²) < 4.78 is 10.6. The van der Waals surface area contributed by atoms with Crippen LogP contribution in [0.5, 0.6) is 5.75 Å². The second-order valence-electron chi connectivity index (χ2n) is 4.91. The van der Waals surface area contributed by atoms with Crippen LogP contribution in [0.4, 0.5) is 5.82 Å². The van der Waals surface area contributed by atoms with E-state index in [2.05, 4.69) is 10.5 Å². The largest absolute Gasteiger partial charge is 0.481 e. The first-order chi connectivity index (χ1) is 10.5. The summed E-state index contributed by atoms with van der Waals surface area (Å²) in [6.07, 6.45) is -0.155. The zero-order valence-corrected chi connectivity index (χ0v) is 12.8. The van der Waals surface area contributed by atoms with Crippen LogP contribution in [0.3, 0.4) is 0 Å². The minimum Gasteiger partial charge on any atom is -0.481 e. The van der Waals surface area contributed by atoms with Crippen molar-refractivity contribution in [3.63, 3.8) is 0 Å². The number of ether oxygens (including phenoxy) is 1. The predicted molar refractivity (Wildman–Crippen MR) is 81.0 cm³/mol. The van der Waals surface area contributed by atoms with Crippen molar-refractivity contribution in [1.82, 2.24) is 5.16 Å². The predicted octanol–water partition coefficient (Wildman–Crippen LogP) is 2.98. The first-order valence-corrected chi connectivity index (χ1v) is 7.01. The van der Waals surface area contributed by atoms with Crippen molar-refractivity contribution in [2.75, 3.05) is 5.32 Å². The molecule has 1 atom stereocenters. The number of hydrogen-bond acceptors (Lipinski definition) is 5. The average molecular weight is 302 g/mol. The van der Waals surface area contributed by atoms with Crippen molar-refractivity contribution in [3.05, 3.63) is 41.7 Å². The number of benzene rings is 1. The Morgan fingerprint density at radius 3 is 2.50 bits per heavy atom. The maximum Gasteiger partial charge on any atom is 0.266 e. The van der Waals surface area contributed by atoms with E-state index in [1.807, 2.05) is 6.92 Å². The third-order valence-electron chi connectivity index (χ3n) is 3.08. The normalized spacial score (nSPS) is 11.8. The van der Waals surface area contributed by atoms with E-state index in [0.717, 1.165) is 0 Å². The Morgan fingerprint density at radius 2 is 2.00 bits per heavy atom. The van der Waals surface area contributed by atoms with Gasteiger partial charge in [-0.15, -0.1) is 0 Å². The molecule has 0 aliphatic carbocycles. The summed E-state index contributed by atoms with van der Waals surface area (Å²) in [7, 11) is 0. The molecule has 0 fully saturated rings. The third-order valence-corrected chi connectivity index (χ3v) is 3.08. The van der Waals surface area contributed by atoms with E-state index in [1.54, 1.807) is 37.3 Å². The standard InChI is InChI=1S/C16H18N2O4/c1-4-14(16(20)17-15-9-10(2)22-18-15)21-13-7-5-12(6-8-13)11(3)19/h5-9,14H,4H2,1-3H3,(H,17,18,20)/t14-/m0/s1. The van der Waals surface area contributed by atoms with Crippen molar-refractivity contribution < 1.29 is 18.8 Å². The lowest BCUT2D eigenvalue weighted by Crippen LogP contribution is -2.32. The summed E-state index contributed by atoms with van der Waals surface area (Å²) in [5, 5.41) is 6.35. The van der Waals surface area contributed by atoms with E-state index in [-0.39, 0.29) is 11.7 Å². The van der Waals surface area contributed by atoms with Gasteiger partial charge in [0.2, 0.25) is 0 Å². The van der Waals surface area contributed by atoms with E-state index in [9.17, 15) is 9.59 Å². The monoisotopic (exact) mass is 302 g/mol. The van der Waals surface area contributed by atoms with Crippen molar-refractivity contribution >= 4 is 17.5 Å². The topological polar surface area (TPSA) is 81.4 Å². The van der Waals surface area contributed by atoms with Gasteiger partial charge in [-0.05, 0) is 44.5 Å². The molecule has 0 unspecified atom stereocenters. The Labute approximate surface area is 128 Å². The summed E-state index contributed by atoms with van der Waals surface area (Å²) in [5.74, 6) is 1.19. The smallest absolute Gasteiger partial charge is 0.266 e. The molecule has 0 radical (unpaired) electrons. The Morgan fingerprint density at radius 1 is 1.32 bits per heavy atom. The van der Waals surface area contributed by atoms with Crippen molar-refractivity contribution in [2.24, 2.45) is 0 Å². The summed E-state index contributed by atoms with van der Waals surface area (Å²) in [6.45, 7) is 5.09. The Bertz CT molecular complexity index is 661. The summed E-state index contributed by atoms with van der Waals surface area (Å²) in [4.78, 5) is 23.4. The van der Waals surface area contributed by atoms with Crippen LogP contribution in [0.2, 0.25) is 0 Å². The number of carbonyl (C=O) groups is 2. The van der Waals surface area contributed by atoms with E-state index < -0.39 is 6.10 Å². The molecule has 0 bridgehead atoms. The molecule has 1 aromatic carbocycles. The van der Waals surface area contributed by atoms with Crippen LogP contribution < -0.4 is 10.1 Å². The molecule has 6 nitrogen and oxygen atoms in total. The molecule has 1 heterocycles. The number of carbonyl (C=O) groups excluding carboxylic acids is 2. The van der Waals surface area contributed by atoms with Gasteiger partial charge in [-0.2, -0.15) is 0 Å². The highest BCUT2D eigenvalue weighted by atomic mass is 16.5. The van der Waals surface area contributed by atoms with Crippen LogP contribution in [-0.4, -0.2) is 23.0 Å². The van der Waals surface area contributed by atoms with Crippen molar-refractivity contribution in [1.29, 1.82) is 0 Å². The molecule has 0 saturated carbocycles. The quantitative estimate of drug-likeness (QED) is 0.830. The number of aryl methyl sites for hydroxylation is 1. The summed E-state index contributed by atoms with van der Waals surface area (Å²) in [6, 6.07) is 8.32. The van der Waals surface area contributed by atoms with Gasteiger partial charge in [-0.3, -0.25) is 9.59 Å². The lowest BCUT2D eigenvalue weighted by molar-refractivity contribution is -0.122. The fourth-order valence-electron chi connectivity index (χ4n) is 1.89. The molecule has 6 heteroatoms. The number of rotatable bonds is 6. The zero-order valence-electron chi connectivity index (χ0n) is 12.8. The van der Waals surface area contributed by atoms with Crippen LogP contribution in [0.1, 0.15) is 36.4 Å². The van der Waals surface area contributed by atoms with Gasteiger partial charge < -0.3 is 14.6 Å². The second kappa shape index (κ2) is 6.89. The van der Waals surface area contributed by atoms with E-state index in [0.29, 0.717) is 29.3 Å². The Kier molecular flexibility index (Phi) is 4.93. The van der Waals surface area contributed by atoms with Gasteiger partial charge in [0.1, 0.15) is 11.5 Å². The highest BCUT2D eigenvalue weighted by Gasteiger charge is 2.19. The van der Waals surface area contributed by atoms with Crippen LogP contribution in [0, 0.1) is 6.92 Å². The molecule has 0 aliphatic rings. The SMILES string of the molecule is CC[C@H](Oc1ccc(C(C)=O)cc1)C(=O)Nc1cc(C)on1. The number of aromatic nitrogens is 1. The number of Topliss-reactive ketones (excluding diaryl/α,β-unsaturated/α-hetero) is 1. The first kappa shape index (κ1) is 15.8. The van der Waals surface area contributed by atoms with Gasteiger partial charge in [-0.25, -0.2) is 0 Å². The molecule has 0 spiro atoms. The fourth-order valence-corrected chi connectivity index (χ4v) is 1.89. The van der Waals surface area contributed by atoms with Crippen molar-refractivity contribution in [3.8, 4) is 5.75 Å². The molecule has 1 N–H and O–H groups in total. The van der Waals surface area contributed by atoms with Crippen LogP contribution >= 0.6 is 0 Å². The molecule has 1 amide bonds. The number of amides is 1. The fraction of sp³-hybridized carbons (Fsp3) is 0.312. The number of nitrogens with one attached hydrogen (secondary N) is 1. The van der Waals surface area contributed by atoms with Crippen LogP contribution in [0.25, 0.3) is 0 Å². The maximum atomic E-state index is 12.2. The second-order valence-corrected chi connectivity index (χ2v) is 4.91. The molecular weight excluding hydrogens is 284 g/mol. The Balaban J connectivity index is 2.01. The van der Waals surface area contributed by atoms with Crippen LogP contribution in [0.15, 0.2) is 34.9 Å². The van der Waals surface area contributed by atoms with E-state index in [1.165, 1.54) is 6.92 Å². The van der Waals surface area contributed by atoms with E-state index in [4.69, 9.17) is 9.26 Å². The van der Waals surface area contributed by atoms with Crippen LogP contribution in [-0.2, 0) is 4.79 Å². The number of nitrogens with zero attached hydrogens (tertiary/aromatic N) is 1. The molecule has 2 aromatic rings. The highest BCUT2D eigenvalue weighted by molar-refractivity contribution is 5.94. The van der Waals surface area contributed by atoms with Crippen molar-refractivity contribution in [2.45, 2.75) is 33.3 Å².